The molecule has 3 aromatic rings. The number of ether oxygens (including phenoxy) is 1. The predicted octanol–water partition coefficient (Wildman–Crippen LogP) is 3.69. The molecule has 2 aromatic carbocycles. The zero-order valence-electron chi connectivity index (χ0n) is 16.5. The minimum absolute atomic E-state index is 0.0729. The van der Waals surface area contributed by atoms with Crippen molar-refractivity contribution >= 4 is 29.7 Å². The van der Waals surface area contributed by atoms with Crippen molar-refractivity contribution in [3.63, 3.8) is 0 Å². The van der Waals surface area contributed by atoms with Crippen LogP contribution in [0, 0.1) is 4.77 Å². The van der Waals surface area contributed by atoms with Gasteiger partial charge in [-0.3, -0.25) is 14.8 Å². The van der Waals surface area contributed by atoms with E-state index in [1.165, 1.54) is 0 Å². The molecule has 30 heavy (non-hydrogen) atoms. The van der Waals surface area contributed by atoms with Gasteiger partial charge in [0, 0.05) is 36.8 Å². The van der Waals surface area contributed by atoms with Crippen LogP contribution >= 0.6 is 23.8 Å². The van der Waals surface area contributed by atoms with E-state index in [9.17, 15) is 4.79 Å². The molecule has 156 valence electrons. The number of nitrogens with zero attached hydrogens (tertiary/aromatic N) is 4. The standard InChI is InChI=1S/C21H22ClN5O2S/c1-29-18-8-7-16(22)13-17(18)19-23-21(30)27(24-19)14-25-9-11-26(12-10-25)20(28)15-5-3-2-4-6-15/h2-8,13H,9-12,14H2,1H3,(H,23,24,30). The normalized spacial score (nSPS) is 14.7. The van der Waals surface area contributed by atoms with Crippen molar-refractivity contribution in [2.24, 2.45) is 0 Å². The number of hydrogen-bond donors (Lipinski definition) is 1. The molecule has 1 N–H and O–H groups in total. The van der Waals surface area contributed by atoms with Gasteiger partial charge in [0.1, 0.15) is 5.75 Å². The van der Waals surface area contributed by atoms with Crippen LogP contribution in [0.25, 0.3) is 11.4 Å². The molecule has 0 atom stereocenters. The summed E-state index contributed by atoms with van der Waals surface area (Å²) in [6.45, 7) is 3.43. The fourth-order valence-corrected chi connectivity index (χ4v) is 3.86. The summed E-state index contributed by atoms with van der Waals surface area (Å²) in [6.07, 6.45) is 0. The van der Waals surface area contributed by atoms with Crippen LogP contribution in [-0.4, -0.2) is 63.8 Å². The molecule has 7 nitrogen and oxygen atoms in total. The monoisotopic (exact) mass is 443 g/mol. The lowest BCUT2D eigenvalue weighted by Crippen LogP contribution is -2.49. The van der Waals surface area contributed by atoms with Crippen molar-refractivity contribution in [1.82, 2.24) is 24.6 Å². The van der Waals surface area contributed by atoms with Gasteiger partial charge in [-0.1, -0.05) is 29.8 Å². The smallest absolute Gasteiger partial charge is 0.253 e. The first-order chi connectivity index (χ1) is 14.5. The molecule has 9 heteroatoms. The zero-order chi connectivity index (χ0) is 21.1. The summed E-state index contributed by atoms with van der Waals surface area (Å²) in [6, 6.07) is 14.8. The Bertz CT molecular complexity index is 1090. The topological polar surface area (TPSA) is 66.4 Å². The number of piperazine rings is 1. The first-order valence-corrected chi connectivity index (χ1v) is 10.4. The average molecular weight is 444 g/mol. The van der Waals surface area contributed by atoms with E-state index in [2.05, 4.69) is 15.0 Å². The van der Waals surface area contributed by atoms with Crippen LogP contribution in [0.5, 0.6) is 5.75 Å². The molecule has 1 fully saturated rings. The maximum absolute atomic E-state index is 12.6. The Kier molecular flexibility index (Phi) is 6.17. The average Bonchev–Trinajstić information content (AvgIpc) is 3.14. The second-order valence-electron chi connectivity index (χ2n) is 7.05. The maximum atomic E-state index is 12.6. The number of halogens is 1. The van der Waals surface area contributed by atoms with Crippen LogP contribution in [0.2, 0.25) is 5.02 Å². The number of carbonyl (C=O) groups is 1. The lowest BCUT2D eigenvalue weighted by molar-refractivity contribution is 0.0585. The third-order valence-electron chi connectivity index (χ3n) is 5.12. The summed E-state index contributed by atoms with van der Waals surface area (Å²) in [4.78, 5) is 21.2. The minimum Gasteiger partial charge on any atom is -0.496 e. The molecule has 1 aliphatic rings. The van der Waals surface area contributed by atoms with Gasteiger partial charge in [-0.25, -0.2) is 4.68 Å². The second-order valence-corrected chi connectivity index (χ2v) is 7.85. The van der Waals surface area contributed by atoms with E-state index in [1.54, 1.807) is 25.3 Å². The van der Waals surface area contributed by atoms with Gasteiger partial charge in [-0.15, -0.1) is 0 Å². The van der Waals surface area contributed by atoms with Crippen LogP contribution in [-0.2, 0) is 6.67 Å². The van der Waals surface area contributed by atoms with Gasteiger partial charge in [0.25, 0.3) is 5.91 Å². The molecule has 0 radical (unpaired) electrons. The molecule has 0 unspecified atom stereocenters. The van der Waals surface area contributed by atoms with Crippen molar-refractivity contribution in [3.8, 4) is 17.1 Å². The fraction of sp³-hybridized carbons (Fsp3) is 0.286. The Morgan fingerprint density at radius 2 is 1.90 bits per heavy atom. The first-order valence-electron chi connectivity index (χ1n) is 9.62. The Morgan fingerprint density at radius 1 is 1.17 bits per heavy atom. The van der Waals surface area contributed by atoms with Gasteiger partial charge in [0.2, 0.25) is 4.77 Å². The number of benzene rings is 2. The molecule has 1 aromatic heterocycles. The van der Waals surface area contributed by atoms with Crippen LogP contribution in [0.4, 0.5) is 0 Å². The van der Waals surface area contributed by atoms with Crippen molar-refractivity contribution in [3.05, 3.63) is 63.9 Å². The Balaban J connectivity index is 1.42. The van der Waals surface area contributed by atoms with E-state index in [0.29, 0.717) is 41.1 Å². The van der Waals surface area contributed by atoms with E-state index >= 15 is 0 Å². The van der Waals surface area contributed by atoms with E-state index in [0.717, 1.165) is 24.2 Å². The first kappa shape index (κ1) is 20.6. The molecular formula is C21H22ClN5O2S. The number of aromatic nitrogens is 3. The predicted molar refractivity (Wildman–Crippen MR) is 118 cm³/mol. The minimum atomic E-state index is 0.0729. The van der Waals surface area contributed by atoms with Gasteiger partial charge in [0.15, 0.2) is 5.82 Å². The fourth-order valence-electron chi connectivity index (χ4n) is 3.49. The quantitative estimate of drug-likeness (QED) is 0.609. The highest BCUT2D eigenvalue weighted by atomic mass is 35.5. The summed E-state index contributed by atoms with van der Waals surface area (Å²) in [7, 11) is 1.61. The van der Waals surface area contributed by atoms with E-state index < -0.39 is 0 Å². The van der Waals surface area contributed by atoms with Crippen molar-refractivity contribution in [2.75, 3.05) is 33.3 Å². The second kappa shape index (κ2) is 8.99. The molecule has 0 spiro atoms. The third kappa shape index (κ3) is 4.40. The highest BCUT2D eigenvalue weighted by molar-refractivity contribution is 7.71. The summed E-state index contributed by atoms with van der Waals surface area (Å²) >= 11 is 11.6. The Morgan fingerprint density at radius 3 is 2.60 bits per heavy atom. The SMILES string of the molecule is COc1ccc(Cl)cc1-c1nc(=S)n(CN2CCN(C(=O)c3ccccc3)CC2)[nH]1. The van der Waals surface area contributed by atoms with E-state index in [-0.39, 0.29) is 5.91 Å². The van der Waals surface area contributed by atoms with Crippen LogP contribution in [0.15, 0.2) is 48.5 Å². The van der Waals surface area contributed by atoms with Crippen molar-refractivity contribution in [2.45, 2.75) is 6.67 Å². The molecule has 0 saturated carbocycles. The summed E-state index contributed by atoms with van der Waals surface area (Å²) in [5.41, 5.74) is 1.48. The number of rotatable bonds is 5. The van der Waals surface area contributed by atoms with Crippen LogP contribution < -0.4 is 4.74 Å². The Hall–Kier alpha value is -2.68. The van der Waals surface area contributed by atoms with E-state index in [4.69, 9.17) is 28.6 Å². The molecular weight excluding hydrogens is 422 g/mol. The third-order valence-corrected chi connectivity index (χ3v) is 5.66. The van der Waals surface area contributed by atoms with E-state index in [1.807, 2.05) is 39.9 Å². The maximum Gasteiger partial charge on any atom is 0.253 e. The van der Waals surface area contributed by atoms with Gasteiger partial charge in [-0.05, 0) is 42.5 Å². The Labute approximate surface area is 184 Å². The molecule has 1 saturated heterocycles. The van der Waals surface area contributed by atoms with Gasteiger partial charge >= 0.3 is 0 Å². The molecule has 4 rings (SSSR count). The number of nitrogens with one attached hydrogen (secondary N) is 1. The highest BCUT2D eigenvalue weighted by Gasteiger charge is 2.22. The zero-order valence-corrected chi connectivity index (χ0v) is 18.1. The summed E-state index contributed by atoms with van der Waals surface area (Å²) in [5, 5.41) is 3.84. The van der Waals surface area contributed by atoms with Crippen molar-refractivity contribution in [1.29, 1.82) is 0 Å². The van der Waals surface area contributed by atoms with Crippen LogP contribution in [0.1, 0.15) is 10.4 Å². The molecule has 0 bridgehead atoms. The van der Waals surface area contributed by atoms with Gasteiger partial charge in [-0.2, -0.15) is 4.98 Å². The number of H-pyrrole nitrogens is 1. The number of amides is 1. The molecule has 0 aliphatic carbocycles. The lowest BCUT2D eigenvalue weighted by atomic mass is 10.2. The number of methoxy groups -OCH3 is 1. The summed E-state index contributed by atoms with van der Waals surface area (Å²) in [5.74, 6) is 1.35. The van der Waals surface area contributed by atoms with Crippen molar-refractivity contribution < 1.29 is 9.53 Å². The molecule has 1 amide bonds. The number of aromatic amines is 1. The van der Waals surface area contributed by atoms with Crippen LogP contribution in [0.3, 0.4) is 0 Å². The summed E-state index contributed by atoms with van der Waals surface area (Å²) < 4.78 is 7.69. The molecule has 2 heterocycles. The number of carbonyl (C=O) groups excluding carboxylic acids is 1. The lowest BCUT2D eigenvalue weighted by Gasteiger charge is -2.34. The largest absolute Gasteiger partial charge is 0.496 e. The van der Waals surface area contributed by atoms with Gasteiger partial charge in [0.05, 0.1) is 19.3 Å². The molecule has 1 aliphatic heterocycles. The number of hydrogen-bond acceptors (Lipinski definition) is 5. The highest BCUT2D eigenvalue weighted by Crippen LogP contribution is 2.30. The van der Waals surface area contributed by atoms with Gasteiger partial charge < -0.3 is 9.64 Å².